The van der Waals surface area contributed by atoms with Crippen molar-refractivity contribution in [3.63, 3.8) is 0 Å². The molecule has 3 atom stereocenters. The Morgan fingerprint density at radius 1 is 1.22 bits per heavy atom. The first kappa shape index (κ1) is 17.3. The molecule has 10 nitrogen and oxygen atoms in total. The standard InChI is InChI=1S/C17H17N5O5/c23-9-14-13(24)6-15(27-14)21-7-11(16(25)18-17(21)26)12-8-22(20-19-12)10-4-2-1-3-5-10/h1-5,7-8,13-15,23-24H,6,9H2,(H,18,25,26). The molecule has 0 radical (unpaired) electrons. The van der Waals surface area contributed by atoms with Gasteiger partial charge in [-0.3, -0.25) is 14.3 Å². The molecule has 3 N–H and O–H groups in total. The number of benzene rings is 1. The quantitative estimate of drug-likeness (QED) is 0.558. The summed E-state index contributed by atoms with van der Waals surface area (Å²) >= 11 is 0. The molecule has 3 heterocycles. The zero-order valence-corrected chi connectivity index (χ0v) is 14.1. The molecular weight excluding hydrogens is 354 g/mol. The lowest BCUT2D eigenvalue weighted by Crippen LogP contribution is -2.33. The first-order valence-electron chi connectivity index (χ1n) is 8.35. The van der Waals surface area contributed by atoms with E-state index in [4.69, 9.17) is 4.74 Å². The van der Waals surface area contributed by atoms with E-state index in [0.29, 0.717) is 0 Å². The monoisotopic (exact) mass is 371 g/mol. The van der Waals surface area contributed by atoms with Crippen molar-refractivity contribution in [1.29, 1.82) is 0 Å². The van der Waals surface area contributed by atoms with Crippen LogP contribution < -0.4 is 11.2 Å². The Kier molecular flexibility index (Phi) is 4.44. The lowest BCUT2D eigenvalue weighted by molar-refractivity contribution is -0.0458. The number of aromatic amines is 1. The molecule has 1 aromatic carbocycles. The largest absolute Gasteiger partial charge is 0.394 e. The number of nitrogens with one attached hydrogen (secondary N) is 1. The maximum absolute atomic E-state index is 12.3. The molecule has 3 unspecified atom stereocenters. The molecule has 140 valence electrons. The second-order valence-corrected chi connectivity index (χ2v) is 6.21. The fourth-order valence-corrected chi connectivity index (χ4v) is 3.03. The molecule has 0 saturated carbocycles. The highest BCUT2D eigenvalue weighted by molar-refractivity contribution is 5.55. The summed E-state index contributed by atoms with van der Waals surface area (Å²) in [5, 5.41) is 27.1. The van der Waals surface area contributed by atoms with E-state index >= 15 is 0 Å². The highest BCUT2D eigenvalue weighted by Crippen LogP contribution is 2.27. The first-order chi connectivity index (χ1) is 13.1. The molecule has 0 spiro atoms. The van der Waals surface area contributed by atoms with Gasteiger partial charge in [-0.15, -0.1) is 5.10 Å². The second kappa shape index (κ2) is 6.91. The van der Waals surface area contributed by atoms with Gasteiger partial charge in [0.25, 0.3) is 5.56 Å². The number of para-hydroxylation sites is 1. The number of aliphatic hydroxyl groups is 2. The molecule has 27 heavy (non-hydrogen) atoms. The van der Waals surface area contributed by atoms with Crippen LogP contribution in [0.4, 0.5) is 0 Å². The van der Waals surface area contributed by atoms with Gasteiger partial charge in [0.05, 0.1) is 30.2 Å². The van der Waals surface area contributed by atoms with E-state index in [0.717, 1.165) is 5.69 Å². The summed E-state index contributed by atoms with van der Waals surface area (Å²) in [4.78, 5) is 26.7. The maximum Gasteiger partial charge on any atom is 0.330 e. The van der Waals surface area contributed by atoms with Crippen molar-refractivity contribution < 1.29 is 14.9 Å². The summed E-state index contributed by atoms with van der Waals surface area (Å²) in [6.45, 7) is -0.367. The van der Waals surface area contributed by atoms with Crippen molar-refractivity contribution in [3.05, 3.63) is 63.6 Å². The zero-order valence-electron chi connectivity index (χ0n) is 14.1. The summed E-state index contributed by atoms with van der Waals surface area (Å²) in [5.41, 5.74) is -0.0777. The molecule has 4 rings (SSSR count). The van der Waals surface area contributed by atoms with Gasteiger partial charge in [0, 0.05) is 12.6 Å². The molecule has 0 aliphatic carbocycles. The fourth-order valence-electron chi connectivity index (χ4n) is 3.03. The predicted molar refractivity (Wildman–Crippen MR) is 93.3 cm³/mol. The van der Waals surface area contributed by atoms with Crippen LogP contribution in [0.25, 0.3) is 16.9 Å². The first-order valence-corrected chi connectivity index (χ1v) is 8.35. The predicted octanol–water partition coefficient (Wildman–Crippen LogP) is -0.575. The average Bonchev–Trinajstić information content (AvgIpc) is 3.29. The topological polar surface area (TPSA) is 135 Å². The SMILES string of the molecule is O=c1[nH]c(=O)n(C2CC(O)C(CO)O2)cc1-c1cn(-c2ccccc2)nn1. The van der Waals surface area contributed by atoms with E-state index in [9.17, 15) is 19.8 Å². The van der Waals surface area contributed by atoms with Gasteiger partial charge in [0.1, 0.15) is 18.0 Å². The van der Waals surface area contributed by atoms with E-state index in [-0.39, 0.29) is 24.3 Å². The van der Waals surface area contributed by atoms with Gasteiger partial charge in [-0.05, 0) is 12.1 Å². The van der Waals surface area contributed by atoms with Crippen LogP contribution >= 0.6 is 0 Å². The minimum absolute atomic E-state index is 0.118. The van der Waals surface area contributed by atoms with Crippen molar-refractivity contribution in [2.24, 2.45) is 0 Å². The number of aliphatic hydroxyl groups excluding tert-OH is 2. The number of hydrogen-bond donors (Lipinski definition) is 3. The number of ether oxygens (including phenoxy) is 1. The number of hydrogen-bond acceptors (Lipinski definition) is 7. The van der Waals surface area contributed by atoms with Gasteiger partial charge in [-0.2, -0.15) is 0 Å². The maximum atomic E-state index is 12.3. The number of H-pyrrole nitrogens is 1. The summed E-state index contributed by atoms with van der Waals surface area (Å²) in [7, 11) is 0. The Labute approximate surface area is 152 Å². The summed E-state index contributed by atoms with van der Waals surface area (Å²) in [6.07, 6.45) is 0.544. The minimum Gasteiger partial charge on any atom is -0.394 e. The average molecular weight is 371 g/mol. The van der Waals surface area contributed by atoms with E-state index in [1.165, 1.54) is 15.4 Å². The summed E-state index contributed by atoms with van der Waals surface area (Å²) in [5.74, 6) is 0. The van der Waals surface area contributed by atoms with Crippen molar-refractivity contribution in [2.45, 2.75) is 24.9 Å². The summed E-state index contributed by atoms with van der Waals surface area (Å²) in [6, 6.07) is 9.25. The van der Waals surface area contributed by atoms with E-state index in [1.54, 1.807) is 6.20 Å². The third-order valence-electron chi connectivity index (χ3n) is 4.45. The smallest absolute Gasteiger partial charge is 0.330 e. The zero-order chi connectivity index (χ0) is 19.0. The van der Waals surface area contributed by atoms with Crippen molar-refractivity contribution in [1.82, 2.24) is 24.5 Å². The van der Waals surface area contributed by atoms with Crippen molar-refractivity contribution in [3.8, 4) is 16.9 Å². The molecule has 0 amide bonds. The van der Waals surface area contributed by atoms with Crippen LogP contribution in [0.15, 0.2) is 52.3 Å². The minimum atomic E-state index is -0.902. The molecule has 3 aromatic rings. The van der Waals surface area contributed by atoms with Crippen LogP contribution in [-0.4, -0.2) is 53.6 Å². The van der Waals surface area contributed by atoms with E-state index < -0.39 is 29.7 Å². The lowest BCUT2D eigenvalue weighted by atomic mass is 10.2. The molecule has 2 aromatic heterocycles. The molecule has 1 saturated heterocycles. The van der Waals surface area contributed by atoms with Crippen LogP contribution in [0, 0.1) is 0 Å². The van der Waals surface area contributed by atoms with Crippen molar-refractivity contribution in [2.75, 3.05) is 6.61 Å². The van der Waals surface area contributed by atoms with Gasteiger partial charge in [0.15, 0.2) is 0 Å². The van der Waals surface area contributed by atoms with E-state index in [2.05, 4.69) is 15.3 Å². The number of nitrogens with zero attached hydrogens (tertiary/aromatic N) is 4. The van der Waals surface area contributed by atoms with Gasteiger partial charge >= 0.3 is 5.69 Å². The fraction of sp³-hybridized carbons (Fsp3) is 0.294. The normalized spacial score (nSPS) is 22.2. The van der Waals surface area contributed by atoms with Gasteiger partial charge < -0.3 is 14.9 Å². The van der Waals surface area contributed by atoms with E-state index in [1.807, 2.05) is 30.3 Å². The van der Waals surface area contributed by atoms with Crippen LogP contribution in [0.2, 0.25) is 0 Å². The molecule has 1 fully saturated rings. The number of aromatic nitrogens is 5. The second-order valence-electron chi connectivity index (χ2n) is 6.21. The van der Waals surface area contributed by atoms with Gasteiger partial charge in [-0.1, -0.05) is 23.4 Å². The summed E-state index contributed by atoms with van der Waals surface area (Å²) < 4.78 is 8.19. The number of rotatable bonds is 4. The Morgan fingerprint density at radius 3 is 2.70 bits per heavy atom. The molecule has 0 bridgehead atoms. The molecule has 1 aliphatic heterocycles. The van der Waals surface area contributed by atoms with Gasteiger partial charge in [-0.25, -0.2) is 9.48 Å². The Morgan fingerprint density at radius 2 is 2.00 bits per heavy atom. The third kappa shape index (κ3) is 3.21. The highest BCUT2D eigenvalue weighted by Gasteiger charge is 2.35. The Bertz CT molecular complexity index is 1060. The lowest BCUT2D eigenvalue weighted by Gasteiger charge is -2.14. The third-order valence-corrected chi connectivity index (χ3v) is 4.45. The van der Waals surface area contributed by atoms with Crippen LogP contribution in [-0.2, 0) is 4.74 Å². The highest BCUT2D eigenvalue weighted by atomic mass is 16.5. The van der Waals surface area contributed by atoms with Crippen LogP contribution in [0.1, 0.15) is 12.6 Å². The van der Waals surface area contributed by atoms with Crippen LogP contribution in [0.5, 0.6) is 0 Å². The van der Waals surface area contributed by atoms with Crippen molar-refractivity contribution >= 4 is 0 Å². The van der Waals surface area contributed by atoms with Crippen LogP contribution in [0.3, 0.4) is 0 Å². The molecular formula is C17H17N5O5. The van der Waals surface area contributed by atoms with Gasteiger partial charge in [0.2, 0.25) is 0 Å². The molecule has 1 aliphatic rings. The Hall–Kier alpha value is -3.08. The Balaban J connectivity index is 1.71. The molecule has 10 heteroatoms.